The molecule has 0 amide bonds. The number of rotatable bonds is 3. The molecule has 0 saturated heterocycles. The highest BCUT2D eigenvalue weighted by molar-refractivity contribution is 6.06. The van der Waals surface area contributed by atoms with Gasteiger partial charge in [0, 0.05) is 27.8 Å². The molecule has 2 aliphatic rings. The zero-order chi connectivity index (χ0) is 31.7. The molecule has 8 aromatic rings. The average molecular weight is 611 g/mol. The van der Waals surface area contributed by atoms with E-state index >= 15 is 0 Å². The number of para-hydroxylation sites is 2. The van der Waals surface area contributed by atoms with Crippen LogP contribution in [-0.2, 0) is 5.41 Å². The van der Waals surface area contributed by atoms with Gasteiger partial charge in [-0.25, -0.2) is 4.98 Å². The first-order valence-corrected chi connectivity index (χ1v) is 16.6. The van der Waals surface area contributed by atoms with E-state index in [0.717, 1.165) is 22.6 Å². The molecule has 1 aliphatic heterocycles. The van der Waals surface area contributed by atoms with Gasteiger partial charge in [-0.1, -0.05) is 158 Å². The number of pyridine rings is 1. The molecule has 2 nitrogen and oxygen atoms in total. The molecule has 0 unspecified atom stereocenters. The summed E-state index contributed by atoms with van der Waals surface area (Å²) in [4.78, 5) is 8.03. The van der Waals surface area contributed by atoms with Gasteiger partial charge in [0.05, 0.1) is 28.2 Å². The van der Waals surface area contributed by atoms with E-state index in [1.54, 1.807) is 0 Å². The maximum Gasteiger partial charge on any atom is 0.0788 e. The summed E-state index contributed by atoms with van der Waals surface area (Å²) < 4.78 is 0. The smallest absolute Gasteiger partial charge is 0.0788 e. The molecule has 2 heterocycles. The molecular formula is C46H30N2. The van der Waals surface area contributed by atoms with Crippen molar-refractivity contribution >= 4 is 27.8 Å². The molecular weight excluding hydrogens is 581 g/mol. The van der Waals surface area contributed by atoms with Crippen molar-refractivity contribution in [3.63, 3.8) is 0 Å². The lowest BCUT2D eigenvalue weighted by Gasteiger charge is -2.45. The lowest BCUT2D eigenvalue weighted by Crippen LogP contribution is -2.36. The molecule has 10 rings (SSSR count). The van der Waals surface area contributed by atoms with Crippen molar-refractivity contribution in [1.29, 1.82) is 0 Å². The Kier molecular flexibility index (Phi) is 5.82. The topological polar surface area (TPSA) is 16.1 Å². The highest BCUT2D eigenvalue weighted by Crippen LogP contribution is 2.64. The van der Waals surface area contributed by atoms with E-state index in [-0.39, 0.29) is 0 Å². The number of nitrogens with zero attached hydrogens (tertiary/aromatic N) is 2. The van der Waals surface area contributed by atoms with Gasteiger partial charge in [-0.2, -0.15) is 0 Å². The number of aromatic nitrogens is 1. The van der Waals surface area contributed by atoms with Crippen LogP contribution in [0.5, 0.6) is 0 Å². The minimum Gasteiger partial charge on any atom is -0.310 e. The molecule has 0 atom stereocenters. The number of fused-ring (bicyclic) bond motifs is 11. The second kappa shape index (κ2) is 10.4. The van der Waals surface area contributed by atoms with E-state index < -0.39 is 5.41 Å². The highest BCUT2D eigenvalue weighted by Gasteiger charge is 2.53. The number of benzene rings is 7. The third-order valence-corrected chi connectivity index (χ3v) is 10.3. The van der Waals surface area contributed by atoms with Gasteiger partial charge >= 0.3 is 0 Å². The summed E-state index contributed by atoms with van der Waals surface area (Å²) in [7, 11) is 0. The first kappa shape index (κ1) is 26.9. The molecule has 0 radical (unpaired) electrons. The highest BCUT2D eigenvalue weighted by atomic mass is 15.2. The lowest BCUT2D eigenvalue weighted by molar-refractivity contribution is 0.757. The van der Waals surface area contributed by atoms with E-state index in [0.29, 0.717) is 0 Å². The summed E-state index contributed by atoms with van der Waals surface area (Å²) in [6.45, 7) is 0. The van der Waals surface area contributed by atoms with Crippen LogP contribution in [0.4, 0.5) is 17.1 Å². The number of hydrogen-bond donors (Lipinski definition) is 0. The molecule has 0 bridgehead atoms. The third kappa shape index (κ3) is 3.66. The summed E-state index contributed by atoms with van der Waals surface area (Å²) in [6.07, 6.45) is 0. The maximum absolute atomic E-state index is 5.59. The van der Waals surface area contributed by atoms with Crippen LogP contribution in [0.15, 0.2) is 182 Å². The van der Waals surface area contributed by atoms with Crippen molar-refractivity contribution in [3.8, 4) is 33.6 Å². The van der Waals surface area contributed by atoms with Crippen LogP contribution >= 0.6 is 0 Å². The van der Waals surface area contributed by atoms with Gasteiger partial charge < -0.3 is 4.90 Å². The van der Waals surface area contributed by atoms with Gasteiger partial charge in [0.2, 0.25) is 0 Å². The Morgan fingerprint density at radius 2 is 0.875 bits per heavy atom. The van der Waals surface area contributed by atoms with Gasteiger partial charge in [-0.15, -0.1) is 0 Å². The van der Waals surface area contributed by atoms with Crippen LogP contribution in [0.25, 0.3) is 44.4 Å². The van der Waals surface area contributed by atoms with Crippen molar-refractivity contribution in [2.45, 2.75) is 5.41 Å². The van der Waals surface area contributed by atoms with Crippen molar-refractivity contribution < 1.29 is 0 Å². The number of hydrogen-bond acceptors (Lipinski definition) is 2. The quantitative estimate of drug-likeness (QED) is 0.198. The fraction of sp³-hybridized carbons (Fsp3) is 0.0217. The van der Waals surface area contributed by atoms with Crippen LogP contribution in [0.1, 0.15) is 22.3 Å². The second-order valence-corrected chi connectivity index (χ2v) is 12.7. The largest absolute Gasteiger partial charge is 0.310 e. The molecule has 1 spiro atoms. The Balaban J connectivity index is 1.29. The fourth-order valence-corrected chi connectivity index (χ4v) is 8.32. The van der Waals surface area contributed by atoms with Crippen LogP contribution in [0, 0.1) is 0 Å². The van der Waals surface area contributed by atoms with Crippen LogP contribution < -0.4 is 4.90 Å². The summed E-state index contributed by atoms with van der Waals surface area (Å²) in [5.41, 5.74) is 14.9. The van der Waals surface area contributed by atoms with Gasteiger partial charge in [0.25, 0.3) is 0 Å². The summed E-state index contributed by atoms with van der Waals surface area (Å²) in [5.74, 6) is 0. The standard InChI is InChI=1S/C46H30N2/c1-3-15-31(16-4-1)32-27-29-34(30-28-32)48-41-25-13-11-23-39(41)46(40-24-12-14-26-42(40)48)38-22-10-9-21-37(38)45-43(46)35-19-7-8-20-36(35)44(47-45)33-17-5-2-6-18-33/h1-30H. The molecule has 7 aromatic carbocycles. The van der Waals surface area contributed by atoms with Gasteiger partial charge in [0.1, 0.15) is 0 Å². The Morgan fingerprint density at radius 1 is 0.375 bits per heavy atom. The molecule has 1 aliphatic carbocycles. The lowest BCUT2D eigenvalue weighted by atomic mass is 9.64. The van der Waals surface area contributed by atoms with Crippen molar-refractivity contribution in [3.05, 3.63) is 204 Å². The summed E-state index contributed by atoms with van der Waals surface area (Å²) in [6, 6.07) is 65.9. The first-order valence-electron chi connectivity index (χ1n) is 16.6. The van der Waals surface area contributed by atoms with Crippen molar-refractivity contribution in [1.82, 2.24) is 4.98 Å². The van der Waals surface area contributed by atoms with Crippen molar-refractivity contribution in [2.75, 3.05) is 4.90 Å². The molecule has 0 N–H and O–H groups in total. The second-order valence-electron chi connectivity index (χ2n) is 12.7. The zero-order valence-corrected chi connectivity index (χ0v) is 26.2. The predicted molar refractivity (Wildman–Crippen MR) is 198 cm³/mol. The Labute approximate surface area is 280 Å². The summed E-state index contributed by atoms with van der Waals surface area (Å²) >= 11 is 0. The molecule has 224 valence electrons. The molecule has 1 aromatic heterocycles. The van der Waals surface area contributed by atoms with Crippen LogP contribution in [-0.4, -0.2) is 4.98 Å². The first-order chi connectivity index (χ1) is 23.8. The third-order valence-electron chi connectivity index (χ3n) is 10.3. The van der Waals surface area contributed by atoms with E-state index in [2.05, 4.69) is 187 Å². The minimum atomic E-state index is -0.554. The van der Waals surface area contributed by atoms with E-state index in [1.807, 2.05) is 0 Å². The molecule has 0 fully saturated rings. The normalized spacial score (nSPS) is 13.5. The van der Waals surface area contributed by atoms with E-state index in [1.165, 1.54) is 61.1 Å². The van der Waals surface area contributed by atoms with Gasteiger partial charge in [0.15, 0.2) is 0 Å². The van der Waals surface area contributed by atoms with Gasteiger partial charge in [-0.3, -0.25) is 0 Å². The van der Waals surface area contributed by atoms with Gasteiger partial charge in [-0.05, 0) is 57.5 Å². The minimum absolute atomic E-state index is 0.554. The molecule has 48 heavy (non-hydrogen) atoms. The van der Waals surface area contributed by atoms with Crippen LogP contribution in [0.3, 0.4) is 0 Å². The van der Waals surface area contributed by atoms with Crippen LogP contribution in [0.2, 0.25) is 0 Å². The maximum atomic E-state index is 5.59. The predicted octanol–water partition coefficient (Wildman–Crippen LogP) is 11.7. The SMILES string of the molecule is c1ccc(-c2ccc(N3c4ccccc4C4(c5ccccc5-c5nc(-c6ccccc6)c6ccccc6c54)c4ccccc43)cc2)cc1. The van der Waals surface area contributed by atoms with E-state index in [9.17, 15) is 0 Å². The zero-order valence-electron chi connectivity index (χ0n) is 26.2. The van der Waals surface area contributed by atoms with Crippen molar-refractivity contribution in [2.24, 2.45) is 0 Å². The Bertz CT molecular complexity index is 2450. The Hall–Kier alpha value is -6.25. The monoisotopic (exact) mass is 610 g/mol. The average Bonchev–Trinajstić information content (AvgIpc) is 3.46. The number of anilines is 3. The summed E-state index contributed by atoms with van der Waals surface area (Å²) in [5, 5.41) is 2.41. The van der Waals surface area contributed by atoms with E-state index in [4.69, 9.17) is 4.98 Å². The molecule has 2 heteroatoms. The fourth-order valence-electron chi connectivity index (χ4n) is 8.32. The molecule has 0 saturated carbocycles. The Morgan fingerprint density at radius 3 is 1.54 bits per heavy atom.